The van der Waals surface area contributed by atoms with Gasteiger partial charge in [0.2, 0.25) is 4.91 Å². The molecule has 0 unspecified atom stereocenters. The van der Waals surface area contributed by atoms with Crippen molar-refractivity contribution in [2.45, 2.75) is 18.3 Å². The van der Waals surface area contributed by atoms with Gasteiger partial charge in [-0.1, -0.05) is 0 Å². The Morgan fingerprint density at radius 1 is 1.43 bits per heavy atom. The molecule has 0 radical (unpaired) electrons. The standard InChI is InChI=1S/C6H12N3O5/c7-9-8-1-3(11)5(13)6(14)4(12)2-10/h4-7,10,12-14H,1-2H2/q+1/t4-,5-,6-/m1/s1. The fraction of sp³-hybridized carbons (Fsp3) is 0.833. The van der Waals surface area contributed by atoms with Gasteiger partial charge >= 0.3 is 0 Å². The fourth-order valence-corrected chi connectivity index (χ4v) is 0.707. The van der Waals surface area contributed by atoms with Crippen molar-refractivity contribution in [3.05, 3.63) is 0 Å². The number of nitrogens with one attached hydrogen (secondary N) is 1. The molecule has 0 aliphatic heterocycles. The van der Waals surface area contributed by atoms with Crippen molar-refractivity contribution in [1.82, 2.24) is 4.91 Å². The predicted molar refractivity (Wildman–Crippen MR) is 42.3 cm³/mol. The molecule has 3 atom stereocenters. The van der Waals surface area contributed by atoms with Crippen LogP contribution in [0.3, 0.4) is 0 Å². The number of rotatable bonds is 6. The van der Waals surface area contributed by atoms with Gasteiger partial charge in [-0.3, -0.25) is 4.79 Å². The summed E-state index contributed by atoms with van der Waals surface area (Å²) in [5.74, 6) is -0.888. The van der Waals surface area contributed by atoms with Crippen LogP contribution in [-0.2, 0) is 4.79 Å². The van der Waals surface area contributed by atoms with Crippen molar-refractivity contribution in [3.8, 4) is 0 Å². The highest BCUT2D eigenvalue weighted by Gasteiger charge is 2.30. The lowest BCUT2D eigenvalue weighted by Crippen LogP contribution is -2.44. The van der Waals surface area contributed by atoms with E-state index in [2.05, 4.69) is 10.0 Å². The molecule has 0 fully saturated rings. The number of carbonyl (C=O) groups excluding carboxylic acids is 1. The fourth-order valence-electron chi connectivity index (χ4n) is 0.707. The normalized spacial score (nSPS) is 16.6. The van der Waals surface area contributed by atoms with Gasteiger partial charge in [-0.2, -0.15) is 0 Å². The van der Waals surface area contributed by atoms with Gasteiger partial charge in [-0.25, -0.2) is 0 Å². The maximum Gasteiger partial charge on any atom is 0.214 e. The lowest BCUT2D eigenvalue weighted by Gasteiger charge is -2.18. The molecule has 0 aliphatic rings. The Labute approximate surface area is 79.0 Å². The number of aliphatic hydroxyl groups excluding tert-OH is 4. The van der Waals surface area contributed by atoms with Crippen LogP contribution in [0.4, 0.5) is 0 Å². The molecule has 0 aliphatic carbocycles. The second kappa shape index (κ2) is 6.30. The quantitative estimate of drug-likeness (QED) is 0.235. The second-order valence-electron chi connectivity index (χ2n) is 2.55. The number of carbonyl (C=O) groups is 1. The highest BCUT2D eigenvalue weighted by Crippen LogP contribution is 2.01. The summed E-state index contributed by atoms with van der Waals surface area (Å²) in [6.07, 6.45) is -5.21. The van der Waals surface area contributed by atoms with E-state index in [0.29, 0.717) is 0 Å². The number of hydrogen-bond acceptors (Lipinski definition) is 7. The highest BCUT2D eigenvalue weighted by molar-refractivity contribution is 5.85. The first-order chi connectivity index (χ1) is 6.54. The van der Waals surface area contributed by atoms with E-state index in [1.165, 1.54) is 0 Å². The van der Waals surface area contributed by atoms with Crippen molar-refractivity contribution >= 4 is 5.78 Å². The zero-order valence-electron chi connectivity index (χ0n) is 7.24. The van der Waals surface area contributed by atoms with Crippen LogP contribution >= 0.6 is 0 Å². The molecule has 0 saturated carbocycles. The van der Waals surface area contributed by atoms with E-state index < -0.39 is 37.2 Å². The van der Waals surface area contributed by atoms with Crippen molar-refractivity contribution in [2.24, 2.45) is 5.11 Å². The zero-order chi connectivity index (χ0) is 11.1. The van der Waals surface area contributed by atoms with Crippen LogP contribution in [-0.4, -0.2) is 57.7 Å². The summed E-state index contributed by atoms with van der Waals surface area (Å²) in [6.45, 7) is -1.33. The Bertz CT molecular complexity index is 240. The van der Waals surface area contributed by atoms with E-state index >= 15 is 0 Å². The third-order valence-electron chi connectivity index (χ3n) is 1.53. The first-order valence-electron chi connectivity index (χ1n) is 3.75. The second-order valence-corrected chi connectivity index (χ2v) is 2.55. The molecule has 0 heterocycles. The summed E-state index contributed by atoms with van der Waals surface area (Å²) in [6, 6.07) is 0. The van der Waals surface area contributed by atoms with Crippen molar-refractivity contribution in [2.75, 3.05) is 13.2 Å². The third-order valence-corrected chi connectivity index (χ3v) is 1.53. The van der Waals surface area contributed by atoms with Gasteiger partial charge in [0.1, 0.15) is 29.0 Å². The van der Waals surface area contributed by atoms with E-state index in [0.717, 1.165) is 0 Å². The minimum absolute atomic E-state index is 0.556. The summed E-state index contributed by atoms with van der Waals surface area (Å²) in [5.41, 5.74) is 6.24. The van der Waals surface area contributed by atoms with Crippen LogP contribution in [0.5, 0.6) is 0 Å². The number of nitrogens with zero attached hydrogens (tertiary/aromatic N) is 2. The Kier molecular flexibility index (Phi) is 5.77. The van der Waals surface area contributed by atoms with Crippen molar-refractivity contribution in [3.63, 3.8) is 0 Å². The molecule has 5 N–H and O–H groups in total. The third kappa shape index (κ3) is 3.69. The summed E-state index contributed by atoms with van der Waals surface area (Å²) in [7, 11) is 0. The topological polar surface area (TPSA) is 148 Å². The molecule has 14 heavy (non-hydrogen) atoms. The molecule has 0 aromatic carbocycles. The van der Waals surface area contributed by atoms with E-state index in [-0.39, 0.29) is 0 Å². The molecule has 8 heteroatoms. The molecule has 0 amide bonds. The van der Waals surface area contributed by atoms with Gasteiger partial charge < -0.3 is 20.4 Å². The number of hydrogen-bond donors (Lipinski definition) is 5. The van der Waals surface area contributed by atoms with Gasteiger partial charge in [0, 0.05) is 0 Å². The first kappa shape index (κ1) is 12.8. The summed E-state index contributed by atoms with van der Waals surface area (Å²) in [5, 5.41) is 38.4. The summed E-state index contributed by atoms with van der Waals surface area (Å²) >= 11 is 0. The van der Waals surface area contributed by atoms with Gasteiger partial charge in [0.05, 0.1) is 6.61 Å². The van der Waals surface area contributed by atoms with Crippen LogP contribution in [0.1, 0.15) is 0 Å². The zero-order valence-corrected chi connectivity index (χ0v) is 7.24. The van der Waals surface area contributed by atoms with E-state index in [4.69, 9.17) is 26.0 Å². The average Bonchev–Trinajstić information content (AvgIpc) is 2.22. The number of aliphatic hydroxyl groups is 4. The number of ketones is 1. The molecule has 80 valence electrons. The molecule has 0 saturated heterocycles. The predicted octanol–water partition coefficient (Wildman–Crippen LogP) is -2.82. The maximum absolute atomic E-state index is 10.9. The van der Waals surface area contributed by atoms with Crippen LogP contribution in [0.15, 0.2) is 5.11 Å². The minimum atomic E-state index is -1.84. The van der Waals surface area contributed by atoms with Gasteiger partial charge in [0.25, 0.3) is 0 Å². The van der Waals surface area contributed by atoms with Crippen molar-refractivity contribution < 1.29 is 25.2 Å². The summed E-state index contributed by atoms with van der Waals surface area (Å²) in [4.78, 5) is 13.5. The molecular weight excluding hydrogens is 194 g/mol. The average molecular weight is 206 g/mol. The largest absolute Gasteiger partial charge is 0.394 e. The Morgan fingerprint density at radius 3 is 2.43 bits per heavy atom. The molecular formula is C6H12N3O5+. The van der Waals surface area contributed by atoms with Crippen LogP contribution in [0.25, 0.3) is 0 Å². The maximum atomic E-state index is 10.9. The van der Waals surface area contributed by atoms with Gasteiger partial charge in [-0.15, -0.1) is 0 Å². The van der Waals surface area contributed by atoms with E-state index in [1.54, 1.807) is 0 Å². The Hall–Kier alpha value is -1.18. The lowest BCUT2D eigenvalue weighted by molar-refractivity contribution is -0.138. The Morgan fingerprint density at radius 2 is 2.00 bits per heavy atom. The molecule has 0 aromatic heterocycles. The van der Waals surface area contributed by atoms with Crippen LogP contribution < -0.4 is 4.91 Å². The molecule has 0 spiro atoms. The monoisotopic (exact) mass is 206 g/mol. The van der Waals surface area contributed by atoms with Gasteiger partial charge in [-0.05, 0) is 0 Å². The number of Topliss-reactive ketones (excluding diaryl/α,β-unsaturated/α-hetero) is 1. The molecule has 0 bridgehead atoms. The molecule has 8 nitrogen and oxygen atoms in total. The van der Waals surface area contributed by atoms with E-state index in [9.17, 15) is 4.79 Å². The lowest BCUT2D eigenvalue weighted by atomic mass is 10.1. The molecule has 0 rings (SSSR count). The summed E-state index contributed by atoms with van der Waals surface area (Å²) < 4.78 is 0. The van der Waals surface area contributed by atoms with Crippen LogP contribution in [0.2, 0.25) is 0 Å². The highest BCUT2D eigenvalue weighted by atomic mass is 16.4. The first-order valence-corrected chi connectivity index (χ1v) is 3.75. The van der Waals surface area contributed by atoms with Gasteiger partial charge in [0.15, 0.2) is 12.3 Å². The smallest absolute Gasteiger partial charge is 0.214 e. The Balaban J connectivity index is 4.22. The minimum Gasteiger partial charge on any atom is -0.394 e. The SMILES string of the molecule is N=[N+]=NCC(=O)[C@@H](O)[C@H](O)[C@H](O)CO. The van der Waals surface area contributed by atoms with E-state index in [1.807, 2.05) is 0 Å². The van der Waals surface area contributed by atoms with Crippen molar-refractivity contribution in [1.29, 1.82) is 5.53 Å². The van der Waals surface area contributed by atoms with Crippen LogP contribution in [0, 0.1) is 5.53 Å². The molecule has 0 aromatic rings.